The van der Waals surface area contributed by atoms with Gasteiger partial charge in [0.1, 0.15) is 11.5 Å². The molecule has 1 amide bonds. The van der Waals surface area contributed by atoms with Gasteiger partial charge in [-0.3, -0.25) is 4.79 Å². The molecule has 2 heterocycles. The van der Waals surface area contributed by atoms with E-state index in [4.69, 9.17) is 9.47 Å². The van der Waals surface area contributed by atoms with Crippen LogP contribution in [0.1, 0.15) is 6.42 Å². The normalized spacial score (nSPS) is 10.3. The van der Waals surface area contributed by atoms with Crippen LogP contribution < -0.4 is 20.1 Å². The van der Waals surface area contributed by atoms with Crippen molar-refractivity contribution < 1.29 is 14.3 Å². The van der Waals surface area contributed by atoms with Crippen molar-refractivity contribution in [2.24, 2.45) is 0 Å². The number of ether oxygens (including phenoxy) is 2. The number of carbonyl (C=O) groups is 1. The lowest BCUT2D eigenvalue weighted by atomic mass is 10.1. The van der Waals surface area contributed by atoms with Gasteiger partial charge < -0.3 is 20.1 Å². The summed E-state index contributed by atoms with van der Waals surface area (Å²) in [6.07, 6.45) is 3.55. The zero-order chi connectivity index (χ0) is 19.1. The fraction of sp³-hybridized carbons (Fsp3) is 0.222. The van der Waals surface area contributed by atoms with E-state index in [-0.39, 0.29) is 12.3 Å². The summed E-state index contributed by atoms with van der Waals surface area (Å²) >= 11 is 1.35. The van der Waals surface area contributed by atoms with Crippen molar-refractivity contribution in [1.82, 2.24) is 15.0 Å². The van der Waals surface area contributed by atoms with Crippen molar-refractivity contribution in [2.75, 3.05) is 31.4 Å². The molecule has 3 aromatic rings. The quantitative estimate of drug-likeness (QED) is 0.615. The Balaban J connectivity index is 1.60. The van der Waals surface area contributed by atoms with Crippen LogP contribution in [0.4, 0.5) is 11.1 Å². The van der Waals surface area contributed by atoms with Gasteiger partial charge in [-0.05, 0) is 24.3 Å². The van der Waals surface area contributed by atoms with Gasteiger partial charge in [-0.1, -0.05) is 0 Å². The number of benzene rings is 1. The molecule has 0 spiro atoms. The van der Waals surface area contributed by atoms with Gasteiger partial charge in [-0.2, -0.15) is 0 Å². The summed E-state index contributed by atoms with van der Waals surface area (Å²) in [5.41, 5.74) is 1.51. The first-order valence-electron chi connectivity index (χ1n) is 8.18. The van der Waals surface area contributed by atoms with Crippen molar-refractivity contribution in [3.63, 3.8) is 0 Å². The largest absolute Gasteiger partial charge is 0.497 e. The molecule has 3 rings (SSSR count). The molecule has 0 aliphatic carbocycles. The topological polar surface area (TPSA) is 98.3 Å². The molecule has 0 radical (unpaired) electrons. The fourth-order valence-corrected chi connectivity index (χ4v) is 3.06. The third kappa shape index (κ3) is 4.91. The Hall–Kier alpha value is -3.20. The smallest absolute Gasteiger partial charge is 0.227 e. The minimum absolute atomic E-state index is 0.142. The number of hydrogen-bond acceptors (Lipinski definition) is 8. The predicted molar refractivity (Wildman–Crippen MR) is 104 cm³/mol. The van der Waals surface area contributed by atoms with E-state index in [0.29, 0.717) is 34.8 Å². The highest BCUT2D eigenvalue weighted by molar-refractivity contribution is 7.14. The number of rotatable bonds is 8. The number of methoxy groups -OCH3 is 2. The predicted octanol–water partition coefficient (Wildman–Crippen LogP) is 3.06. The molecule has 8 nitrogen and oxygen atoms in total. The Morgan fingerprint density at radius 1 is 1.19 bits per heavy atom. The van der Waals surface area contributed by atoms with Crippen LogP contribution in [0.5, 0.6) is 11.5 Å². The average molecular weight is 385 g/mol. The lowest BCUT2D eigenvalue weighted by Crippen LogP contribution is -2.16. The second-order valence-corrected chi connectivity index (χ2v) is 6.26. The lowest BCUT2D eigenvalue weighted by Gasteiger charge is -2.08. The summed E-state index contributed by atoms with van der Waals surface area (Å²) in [6, 6.07) is 7.22. The van der Waals surface area contributed by atoms with E-state index in [1.165, 1.54) is 11.3 Å². The number of nitrogens with one attached hydrogen (secondary N) is 2. The van der Waals surface area contributed by atoms with Crippen molar-refractivity contribution in [3.8, 4) is 22.8 Å². The first-order chi connectivity index (χ1) is 13.2. The van der Waals surface area contributed by atoms with Gasteiger partial charge in [0.25, 0.3) is 0 Å². The maximum Gasteiger partial charge on any atom is 0.227 e. The summed E-state index contributed by atoms with van der Waals surface area (Å²) in [5.74, 6) is 1.74. The van der Waals surface area contributed by atoms with Gasteiger partial charge in [-0.25, -0.2) is 15.0 Å². The first kappa shape index (κ1) is 18.6. The molecule has 0 atom stereocenters. The van der Waals surface area contributed by atoms with Crippen LogP contribution in [0.2, 0.25) is 0 Å². The zero-order valence-corrected chi connectivity index (χ0v) is 15.7. The summed E-state index contributed by atoms with van der Waals surface area (Å²) in [5, 5.41) is 8.18. The molecule has 0 aliphatic heterocycles. The number of anilines is 2. The molecule has 0 saturated heterocycles. The molecule has 0 unspecified atom stereocenters. The van der Waals surface area contributed by atoms with Crippen molar-refractivity contribution in [1.29, 1.82) is 0 Å². The third-order valence-corrected chi connectivity index (χ3v) is 4.39. The average Bonchev–Trinajstić information content (AvgIpc) is 3.16. The number of hydrogen-bond donors (Lipinski definition) is 2. The van der Waals surface area contributed by atoms with E-state index in [1.807, 2.05) is 23.6 Å². The third-order valence-electron chi connectivity index (χ3n) is 3.63. The fourth-order valence-electron chi connectivity index (χ4n) is 2.33. The van der Waals surface area contributed by atoms with Crippen LogP contribution in [-0.2, 0) is 4.79 Å². The molecule has 9 heteroatoms. The molecule has 0 saturated carbocycles. The minimum atomic E-state index is -0.142. The number of thiazole rings is 1. The van der Waals surface area contributed by atoms with Crippen LogP contribution in [0, 0.1) is 0 Å². The summed E-state index contributed by atoms with van der Waals surface area (Å²) in [4.78, 5) is 24.7. The zero-order valence-electron chi connectivity index (χ0n) is 14.9. The van der Waals surface area contributed by atoms with Gasteiger partial charge in [0, 0.05) is 36.3 Å². The SMILES string of the molecule is COc1ccc(OC)c(-c2csc(NC(=O)CCNc3ncccn3)n2)c1. The maximum absolute atomic E-state index is 12.1. The Labute approximate surface area is 160 Å². The summed E-state index contributed by atoms with van der Waals surface area (Å²) in [7, 11) is 3.20. The highest BCUT2D eigenvalue weighted by Crippen LogP contribution is 2.35. The van der Waals surface area contributed by atoms with E-state index < -0.39 is 0 Å². The second-order valence-electron chi connectivity index (χ2n) is 5.40. The molecule has 2 aromatic heterocycles. The van der Waals surface area contributed by atoms with E-state index in [2.05, 4.69) is 25.6 Å². The van der Waals surface area contributed by atoms with E-state index in [9.17, 15) is 4.79 Å². The number of carbonyl (C=O) groups excluding carboxylic acids is 1. The van der Waals surface area contributed by atoms with E-state index >= 15 is 0 Å². The summed E-state index contributed by atoms with van der Waals surface area (Å²) in [6.45, 7) is 0.428. The molecule has 140 valence electrons. The monoisotopic (exact) mass is 385 g/mol. The Morgan fingerprint density at radius 3 is 2.74 bits per heavy atom. The molecule has 2 N–H and O–H groups in total. The number of aromatic nitrogens is 3. The lowest BCUT2D eigenvalue weighted by molar-refractivity contribution is -0.115. The van der Waals surface area contributed by atoms with Crippen LogP contribution in [0.3, 0.4) is 0 Å². The van der Waals surface area contributed by atoms with Gasteiger partial charge in [0.05, 0.1) is 19.9 Å². The second kappa shape index (κ2) is 8.95. The van der Waals surface area contributed by atoms with Crippen molar-refractivity contribution >= 4 is 28.3 Å². The molecule has 1 aromatic carbocycles. The van der Waals surface area contributed by atoms with Crippen LogP contribution in [0.15, 0.2) is 42.0 Å². The maximum atomic E-state index is 12.1. The number of nitrogens with zero attached hydrogens (tertiary/aromatic N) is 3. The van der Waals surface area contributed by atoms with Crippen molar-refractivity contribution in [3.05, 3.63) is 42.0 Å². The Morgan fingerprint density at radius 2 is 2.00 bits per heavy atom. The summed E-state index contributed by atoms with van der Waals surface area (Å²) < 4.78 is 10.6. The van der Waals surface area contributed by atoms with E-state index in [1.54, 1.807) is 32.7 Å². The molecule has 0 fully saturated rings. The standard InChI is InChI=1S/C18H19N5O3S/c1-25-12-4-5-15(26-2)13(10-12)14-11-27-18(22-14)23-16(24)6-9-21-17-19-7-3-8-20-17/h3-5,7-8,10-11H,6,9H2,1-2H3,(H,19,20,21)(H,22,23,24). The number of amides is 1. The molecule has 0 aliphatic rings. The van der Waals surface area contributed by atoms with Gasteiger partial charge in [-0.15, -0.1) is 11.3 Å². The van der Waals surface area contributed by atoms with Crippen molar-refractivity contribution in [2.45, 2.75) is 6.42 Å². The van der Waals surface area contributed by atoms with Gasteiger partial charge in [0.2, 0.25) is 11.9 Å². The van der Waals surface area contributed by atoms with Crippen LogP contribution >= 0.6 is 11.3 Å². The Kier molecular flexibility index (Phi) is 6.16. The highest BCUT2D eigenvalue weighted by atomic mass is 32.1. The highest BCUT2D eigenvalue weighted by Gasteiger charge is 2.13. The molecular weight excluding hydrogens is 366 g/mol. The van der Waals surface area contributed by atoms with Gasteiger partial charge in [0.15, 0.2) is 5.13 Å². The van der Waals surface area contributed by atoms with Gasteiger partial charge >= 0.3 is 0 Å². The first-order valence-corrected chi connectivity index (χ1v) is 9.06. The van der Waals surface area contributed by atoms with Crippen LogP contribution in [-0.4, -0.2) is 41.6 Å². The van der Waals surface area contributed by atoms with Crippen LogP contribution in [0.25, 0.3) is 11.3 Å². The van der Waals surface area contributed by atoms with E-state index in [0.717, 1.165) is 5.56 Å². The molecular formula is C18H19N5O3S. The molecule has 0 bridgehead atoms. The molecule has 27 heavy (non-hydrogen) atoms. The Bertz CT molecular complexity index is 901. The minimum Gasteiger partial charge on any atom is -0.497 e.